The summed E-state index contributed by atoms with van der Waals surface area (Å²) in [6.45, 7) is 7.53. The minimum absolute atomic E-state index is 0.268. The molecule has 3 aliphatic rings. The van der Waals surface area contributed by atoms with Crippen LogP contribution in [-0.4, -0.2) is 81.5 Å². The highest BCUT2D eigenvalue weighted by Gasteiger charge is 2.31. The Hall–Kier alpha value is -1.76. The maximum Gasteiger partial charge on any atom is 0.161 e. The second-order valence-electron chi connectivity index (χ2n) is 9.55. The van der Waals surface area contributed by atoms with Crippen LogP contribution in [-0.2, 0) is 0 Å². The van der Waals surface area contributed by atoms with E-state index in [2.05, 4.69) is 33.4 Å². The predicted octanol–water partition coefficient (Wildman–Crippen LogP) is 3.32. The molecule has 1 saturated heterocycles. The SMILES string of the molecule is COc1cc(C2CCC(=CNCCN3CCN(CCO)CC3)CC2)c(C2CC2)cc1OC. The van der Waals surface area contributed by atoms with Crippen molar-refractivity contribution in [2.24, 2.45) is 0 Å². The number of nitrogens with zero attached hydrogens (tertiary/aromatic N) is 2. The van der Waals surface area contributed by atoms with E-state index in [9.17, 15) is 0 Å². The topological polar surface area (TPSA) is 57.2 Å². The first-order chi connectivity index (χ1) is 15.7. The maximum atomic E-state index is 9.07. The molecule has 2 N–H and O–H groups in total. The van der Waals surface area contributed by atoms with Gasteiger partial charge in [0.1, 0.15) is 0 Å². The highest BCUT2D eigenvalue weighted by molar-refractivity contribution is 5.51. The van der Waals surface area contributed by atoms with Crippen LogP contribution in [0.4, 0.5) is 0 Å². The standard InChI is InChI=1S/C26H41N3O3/c1-31-25-17-23(24(22-7-8-22)18-26(25)32-2)21-5-3-20(4-6-21)19-27-9-10-28-11-13-29(14-12-28)15-16-30/h17-19,21-22,27,30H,3-16H2,1-2H3. The van der Waals surface area contributed by atoms with Crippen molar-refractivity contribution in [1.82, 2.24) is 15.1 Å². The van der Waals surface area contributed by atoms with Crippen LogP contribution in [0.1, 0.15) is 61.5 Å². The molecule has 0 aromatic heterocycles. The molecule has 1 aromatic carbocycles. The number of nitrogens with one attached hydrogen (secondary N) is 1. The highest BCUT2D eigenvalue weighted by Crippen LogP contribution is 2.49. The third kappa shape index (κ3) is 5.97. The molecular formula is C26H41N3O3. The molecule has 6 nitrogen and oxygen atoms in total. The van der Waals surface area contributed by atoms with Gasteiger partial charge in [-0.15, -0.1) is 0 Å². The summed E-state index contributed by atoms with van der Waals surface area (Å²) >= 11 is 0. The van der Waals surface area contributed by atoms with Crippen molar-refractivity contribution < 1.29 is 14.6 Å². The number of β-amino-alcohol motifs (C(OH)–C–C–N with tert-alkyl or cyclic N) is 1. The van der Waals surface area contributed by atoms with E-state index >= 15 is 0 Å². The summed E-state index contributed by atoms with van der Waals surface area (Å²) in [5.74, 6) is 3.08. The van der Waals surface area contributed by atoms with Gasteiger partial charge in [-0.1, -0.05) is 5.57 Å². The first-order valence-electron chi connectivity index (χ1n) is 12.4. The molecule has 0 amide bonds. The number of aliphatic hydroxyl groups excluding tert-OH is 1. The van der Waals surface area contributed by atoms with Crippen molar-refractivity contribution in [3.05, 3.63) is 35.0 Å². The minimum atomic E-state index is 0.268. The van der Waals surface area contributed by atoms with E-state index in [4.69, 9.17) is 14.6 Å². The van der Waals surface area contributed by atoms with Crippen LogP contribution in [0.15, 0.2) is 23.9 Å². The van der Waals surface area contributed by atoms with E-state index in [1.165, 1.54) is 49.7 Å². The van der Waals surface area contributed by atoms with Gasteiger partial charge in [0.2, 0.25) is 0 Å². The van der Waals surface area contributed by atoms with Gasteiger partial charge in [0.15, 0.2) is 11.5 Å². The van der Waals surface area contributed by atoms with Gasteiger partial charge in [0, 0.05) is 45.8 Å². The third-order valence-corrected chi connectivity index (χ3v) is 7.43. The highest BCUT2D eigenvalue weighted by atomic mass is 16.5. The van der Waals surface area contributed by atoms with Crippen LogP contribution < -0.4 is 14.8 Å². The fourth-order valence-corrected chi connectivity index (χ4v) is 5.27. The second kappa shape index (κ2) is 11.4. The molecule has 4 rings (SSSR count). The molecule has 0 radical (unpaired) electrons. The van der Waals surface area contributed by atoms with E-state index in [0.717, 1.165) is 57.3 Å². The molecular weight excluding hydrogens is 402 g/mol. The Labute approximate surface area is 193 Å². The van der Waals surface area contributed by atoms with E-state index in [0.29, 0.717) is 11.8 Å². The van der Waals surface area contributed by atoms with Crippen LogP contribution in [0.25, 0.3) is 0 Å². The van der Waals surface area contributed by atoms with Gasteiger partial charge in [-0.05, 0) is 79.8 Å². The van der Waals surface area contributed by atoms with E-state index in [1.807, 2.05) is 0 Å². The van der Waals surface area contributed by atoms with Gasteiger partial charge < -0.3 is 19.9 Å². The zero-order valence-corrected chi connectivity index (χ0v) is 19.9. The zero-order chi connectivity index (χ0) is 22.3. The van der Waals surface area contributed by atoms with Gasteiger partial charge in [-0.2, -0.15) is 0 Å². The summed E-state index contributed by atoms with van der Waals surface area (Å²) in [6, 6.07) is 4.49. The van der Waals surface area contributed by atoms with Gasteiger partial charge in [-0.3, -0.25) is 9.80 Å². The molecule has 1 heterocycles. The predicted molar refractivity (Wildman–Crippen MR) is 129 cm³/mol. The Balaban J connectivity index is 1.24. The van der Waals surface area contributed by atoms with Gasteiger partial charge >= 0.3 is 0 Å². The molecule has 2 aliphatic carbocycles. The van der Waals surface area contributed by atoms with Crippen LogP contribution in [0, 0.1) is 0 Å². The van der Waals surface area contributed by atoms with Gasteiger partial charge in [-0.25, -0.2) is 0 Å². The van der Waals surface area contributed by atoms with Crippen molar-refractivity contribution in [1.29, 1.82) is 0 Å². The summed E-state index contributed by atoms with van der Waals surface area (Å²) < 4.78 is 11.2. The lowest BCUT2D eigenvalue weighted by Crippen LogP contribution is -2.48. The Morgan fingerprint density at radius 1 is 0.875 bits per heavy atom. The summed E-state index contributed by atoms with van der Waals surface area (Å²) in [5.41, 5.74) is 4.55. The van der Waals surface area contributed by atoms with Crippen LogP contribution >= 0.6 is 0 Å². The fourth-order valence-electron chi connectivity index (χ4n) is 5.27. The molecule has 0 unspecified atom stereocenters. The van der Waals surface area contributed by atoms with E-state index in [-0.39, 0.29) is 6.61 Å². The lowest BCUT2D eigenvalue weighted by Gasteiger charge is -2.34. The normalized spacial score (nSPS) is 22.6. The van der Waals surface area contributed by atoms with Crippen molar-refractivity contribution in [3.63, 3.8) is 0 Å². The fraction of sp³-hybridized carbons (Fsp3) is 0.692. The zero-order valence-electron chi connectivity index (χ0n) is 19.9. The minimum Gasteiger partial charge on any atom is -0.493 e. The Morgan fingerprint density at radius 2 is 1.41 bits per heavy atom. The summed E-state index contributed by atoms with van der Waals surface area (Å²) in [7, 11) is 3.47. The van der Waals surface area contributed by atoms with Crippen LogP contribution in [0.3, 0.4) is 0 Å². The van der Waals surface area contributed by atoms with Crippen molar-refractivity contribution >= 4 is 0 Å². The summed E-state index contributed by atoms with van der Waals surface area (Å²) in [5, 5.41) is 12.6. The number of hydrogen-bond donors (Lipinski definition) is 2. The van der Waals surface area contributed by atoms with Crippen molar-refractivity contribution in [2.45, 2.75) is 50.4 Å². The number of rotatable bonds is 10. The number of allylic oxidation sites excluding steroid dienone is 1. The largest absolute Gasteiger partial charge is 0.493 e. The number of hydrogen-bond acceptors (Lipinski definition) is 6. The first kappa shape index (κ1) is 23.4. The second-order valence-corrected chi connectivity index (χ2v) is 9.55. The average Bonchev–Trinajstić information content (AvgIpc) is 3.68. The van der Waals surface area contributed by atoms with E-state index in [1.54, 1.807) is 19.8 Å². The van der Waals surface area contributed by atoms with E-state index < -0.39 is 0 Å². The smallest absolute Gasteiger partial charge is 0.161 e. The van der Waals surface area contributed by atoms with Gasteiger partial charge in [0.05, 0.1) is 20.8 Å². The first-order valence-corrected chi connectivity index (χ1v) is 12.4. The molecule has 178 valence electrons. The lowest BCUT2D eigenvalue weighted by molar-refractivity contribution is 0.114. The van der Waals surface area contributed by atoms with Crippen LogP contribution in [0.5, 0.6) is 11.5 Å². The lowest BCUT2D eigenvalue weighted by atomic mass is 9.79. The molecule has 6 heteroatoms. The number of aliphatic hydroxyl groups is 1. The summed E-state index contributed by atoms with van der Waals surface area (Å²) in [4.78, 5) is 4.87. The maximum absolute atomic E-state index is 9.07. The molecule has 32 heavy (non-hydrogen) atoms. The average molecular weight is 444 g/mol. The monoisotopic (exact) mass is 443 g/mol. The number of methoxy groups -OCH3 is 2. The molecule has 0 atom stereocenters. The number of piperazine rings is 1. The van der Waals surface area contributed by atoms with Gasteiger partial charge in [0.25, 0.3) is 0 Å². The molecule has 2 saturated carbocycles. The third-order valence-electron chi connectivity index (χ3n) is 7.43. The Bertz CT molecular complexity index is 760. The number of benzene rings is 1. The molecule has 1 aromatic rings. The van der Waals surface area contributed by atoms with Crippen LogP contribution in [0.2, 0.25) is 0 Å². The molecule has 0 bridgehead atoms. The summed E-state index contributed by atoms with van der Waals surface area (Å²) in [6.07, 6.45) is 9.69. The number of ether oxygens (including phenoxy) is 2. The van der Waals surface area contributed by atoms with Crippen molar-refractivity contribution in [3.8, 4) is 11.5 Å². The van der Waals surface area contributed by atoms with Crippen molar-refractivity contribution in [2.75, 3.05) is 66.6 Å². The quantitative estimate of drug-likeness (QED) is 0.541. The molecule has 0 spiro atoms. The Morgan fingerprint density at radius 3 is 1.91 bits per heavy atom. The molecule has 3 fully saturated rings. The Kier molecular flexibility index (Phi) is 8.33. The molecule has 1 aliphatic heterocycles.